The van der Waals surface area contributed by atoms with Gasteiger partial charge in [-0.15, -0.1) is 0 Å². The van der Waals surface area contributed by atoms with Crippen LogP contribution < -0.4 is 5.48 Å². The van der Waals surface area contributed by atoms with Crippen molar-refractivity contribution in [2.75, 3.05) is 0 Å². The number of aliphatic carboxylic acids is 1. The molecule has 0 aliphatic carbocycles. The van der Waals surface area contributed by atoms with E-state index in [1.54, 1.807) is 0 Å². The van der Waals surface area contributed by atoms with Crippen LogP contribution in [0.5, 0.6) is 0 Å². The second kappa shape index (κ2) is 9.15. The predicted octanol–water partition coefficient (Wildman–Crippen LogP) is 1.94. The third-order valence-corrected chi connectivity index (χ3v) is 2.57. The maximum atomic E-state index is 11.0. The summed E-state index contributed by atoms with van der Waals surface area (Å²) >= 11 is 0. The van der Waals surface area contributed by atoms with Gasteiger partial charge in [-0.05, 0) is 6.42 Å². The van der Waals surface area contributed by atoms with Crippen LogP contribution >= 0.6 is 0 Å². The Balaban J connectivity index is 3.69. The van der Waals surface area contributed by atoms with Gasteiger partial charge in [0.15, 0.2) is 0 Å². The first-order valence-electron chi connectivity index (χ1n) is 5.80. The molecule has 0 rings (SSSR count). The molecule has 5 nitrogen and oxygen atoms in total. The Morgan fingerprint density at radius 2 is 1.69 bits per heavy atom. The average Bonchev–Trinajstić information content (AvgIpc) is 2.26. The number of hydrogen-bond acceptors (Lipinski definition) is 3. The van der Waals surface area contributed by atoms with Gasteiger partial charge in [-0.2, -0.15) is 0 Å². The van der Waals surface area contributed by atoms with E-state index in [4.69, 9.17) is 10.3 Å². The van der Waals surface area contributed by atoms with Crippen molar-refractivity contribution < 1.29 is 19.9 Å². The van der Waals surface area contributed by atoms with E-state index in [0.717, 1.165) is 19.3 Å². The van der Waals surface area contributed by atoms with Crippen LogP contribution in [0.15, 0.2) is 0 Å². The van der Waals surface area contributed by atoms with Crippen LogP contribution in [0, 0.1) is 5.92 Å². The second-order valence-corrected chi connectivity index (χ2v) is 3.92. The van der Waals surface area contributed by atoms with Gasteiger partial charge in [0.05, 0.1) is 0 Å². The van der Waals surface area contributed by atoms with E-state index in [0.29, 0.717) is 6.42 Å². The SMILES string of the molecule is CCCCCCCC[C@@H](C(=O)O)C(=O)NO. The number of carboxylic acids is 1. The predicted molar refractivity (Wildman–Crippen MR) is 59.0 cm³/mol. The Labute approximate surface area is 95.8 Å². The summed E-state index contributed by atoms with van der Waals surface area (Å²) in [7, 11) is 0. The Hall–Kier alpha value is -1.10. The number of hydrogen-bond donors (Lipinski definition) is 3. The molecule has 0 radical (unpaired) electrons. The zero-order valence-corrected chi connectivity index (χ0v) is 9.74. The quantitative estimate of drug-likeness (QED) is 0.245. The highest BCUT2D eigenvalue weighted by atomic mass is 16.5. The first-order valence-corrected chi connectivity index (χ1v) is 5.80. The molecule has 0 aliphatic heterocycles. The van der Waals surface area contributed by atoms with Crippen LogP contribution in [0.2, 0.25) is 0 Å². The van der Waals surface area contributed by atoms with Gasteiger partial charge in [0.2, 0.25) is 0 Å². The van der Waals surface area contributed by atoms with E-state index in [-0.39, 0.29) is 6.42 Å². The fraction of sp³-hybridized carbons (Fsp3) is 0.818. The Morgan fingerprint density at radius 3 is 2.19 bits per heavy atom. The Bertz CT molecular complexity index is 218. The highest BCUT2D eigenvalue weighted by molar-refractivity contribution is 5.96. The lowest BCUT2D eigenvalue weighted by atomic mass is 10.00. The molecule has 0 unspecified atom stereocenters. The minimum Gasteiger partial charge on any atom is -0.481 e. The van der Waals surface area contributed by atoms with Crippen molar-refractivity contribution in [3.8, 4) is 0 Å². The van der Waals surface area contributed by atoms with E-state index in [1.807, 2.05) is 0 Å². The number of nitrogens with one attached hydrogen (secondary N) is 1. The van der Waals surface area contributed by atoms with Crippen LogP contribution in [0.25, 0.3) is 0 Å². The third kappa shape index (κ3) is 6.40. The summed E-state index contributed by atoms with van der Waals surface area (Å²) in [4.78, 5) is 21.7. The molecule has 0 aliphatic rings. The summed E-state index contributed by atoms with van der Waals surface area (Å²) in [5.74, 6) is -3.14. The van der Waals surface area contributed by atoms with Crippen molar-refractivity contribution >= 4 is 11.9 Å². The van der Waals surface area contributed by atoms with Gasteiger partial charge in [0, 0.05) is 0 Å². The molecule has 16 heavy (non-hydrogen) atoms. The van der Waals surface area contributed by atoms with E-state index in [9.17, 15) is 9.59 Å². The van der Waals surface area contributed by atoms with Gasteiger partial charge >= 0.3 is 5.97 Å². The number of rotatable bonds is 9. The van der Waals surface area contributed by atoms with Crippen molar-refractivity contribution in [2.45, 2.75) is 51.9 Å². The summed E-state index contributed by atoms with van der Waals surface area (Å²) < 4.78 is 0. The summed E-state index contributed by atoms with van der Waals surface area (Å²) in [6.07, 6.45) is 6.51. The third-order valence-electron chi connectivity index (χ3n) is 2.57. The molecule has 0 aromatic heterocycles. The molecule has 0 bridgehead atoms. The smallest absolute Gasteiger partial charge is 0.316 e. The minimum atomic E-state index is -1.18. The Kier molecular flexibility index (Phi) is 8.52. The topological polar surface area (TPSA) is 86.6 Å². The highest BCUT2D eigenvalue weighted by Gasteiger charge is 2.24. The fourth-order valence-corrected chi connectivity index (χ4v) is 1.57. The van der Waals surface area contributed by atoms with Gasteiger partial charge in [0.25, 0.3) is 5.91 Å². The maximum absolute atomic E-state index is 11.0. The molecule has 3 N–H and O–H groups in total. The molecule has 0 aromatic rings. The van der Waals surface area contributed by atoms with Crippen molar-refractivity contribution in [1.82, 2.24) is 5.48 Å². The molecule has 94 valence electrons. The van der Waals surface area contributed by atoms with Crippen molar-refractivity contribution in [2.24, 2.45) is 5.92 Å². The summed E-state index contributed by atoms with van der Waals surface area (Å²) in [5, 5.41) is 17.1. The summed E-state index contributed by atoms with van der Waals surface area (Å²) in [6.45, 7) is 2.13. The van der Waals surface area contributed by atoms with Crippen LogP contribution in [0.4, 0.5) is 0 Å². The van der Waals surface area contributed by atoms with Crippen LogP contribution in [-0.2, 0) is 9.59 Å². The fourth-order valence-electron chi connectivity index (χ4n) is 1.57. The number of carbonyl (C=O) groups excluding carboxylic acids is 1. The summed E-state index contributed by atoms with van der Waals surface area (Å²) in [5.41, 5.74) is 1.39. The Morgan fingerprint density at radius 1 is 1.12 bits per heavy atom. The van der Waals surface area contributed by atoms with Crippen molar-refractivity contribution in [3.63, 3.8) is 0 Å². The van der Waals surface area contributed by atoms with Gasteiger partial charge in [-0.1, -0.05) is 45.4 Å². The van der Waals surface area contributed by atoms with Gasteiger partial charge in [0.1, 0.15) is 5.92 Å². The number of carboxylic acid groups (broad SMARTS) is 1. The molecule has 0 spiro atoms. The van der Waals surface area contributed by atoms with E-state index >= 15 is 0 Å². The highest BCUT2D eigenvalue weighted by Crippen LogP contribution is 2.12. The zero-order valence-electron chi connectivity index (χ0n) is 9.74. The van der Waals surface area contributed by atoms with Gasteiger partial charge in [-0.25, -0.2) is 5.48 Å². The molecule has 0 saturated carbocycles. The number of carbonyl (C=O) groups is 2. The molecule has 0 fully saturated rings. The maximum Gasteiger partial charge on any atom is 0.316 e. The number of unbranched alkanes of at least 4 members (excludes halogenated alkanes) is 5. The molecular weight excluding hydrogens is 210 g/mol. The summed E-state index contributed by atoms with van der Waals surface area (Å²) in [6, 6.07) is 0. The standard InChI is InChI=1S/C11H21NO4/c1-2-3-4-5-6-7-8-9(11(14)15)10(13)12-16/h9,16H,2-8H2,1H3,(H,12,13)(H,14,15)/t9-/m1/s1. The molecule has 5 heteroatoms. The molecule has 1 atom stereocenters. The van der Waals surface area contributed by atoms with Crippen LogP contribution in [0.1, 0.15) is 51.9 Å². The lowest BCUT2D eigenvalue weighted by Crippen LogP contribution is -2.33. The van der Waals surface area contributed by atoms with E-state index in [2.05, 4.69) is 6.92 Å². The number of hydroxylamine groups is 1. The molecular formula is C11H21NO4. The molecule has 0 heterocycles. The molecule has 0 aromatic carbocycles. The number of amides is 1. The van der Waals surface area contributed by atoms with Gasteiger partial charge < -0.3 is 5.11 Å². The van der Waals surface area contributed by atoms with E-state index in [1.165, 1.54) is 18.3 Å². The first kappa shape index (κ1) is 14.9. The molecule has 0 saturated heterocycles. The van der Waals surface area contributed by atoms with Crippen LogP contribution in [-0.4, -0.2) is 22.2 Å². The minimum absolute atomic E-state index is 0.286. The second-order valence-electron chi connectivity index (χ2n) is 3.92. The lowest BCUT2D eigenvalue weighted by molar-refractivity contribution is -0.150. The van der Waals surface area contributed by atoms with Crippen molar-refractivity contribution in [3.05, 3.63) is 0 Å². The lowest BCUT2D eigenvalue weighted by Gasteiger charge is -2.09. The largest absolute Gasteiger partial charge is 0.481 e. The average molecular weight is 231 g/mol. The van der Waals surface area contributed by atoms with Crippen molar-refractivity contribution in [1.29, 1.82) is 0 Å². The van der Waals surface area contributed by atoms with Gasteiger partial charge in [-0.3, -0.25) is 14.8 Å². The van der Waals surface area contributed by atoms with Crippen LogP contribution in [0.3, 0.4) is 0 Å². The van der Waals surface area contributed by atoms with E-state index < -0.39 is 17.8 Å². The zero-order chi connectivity index (χ0) is 12.4. The monoisotopic (exact) mass is 231 g/mol. The first-order chi connectivity index (χ1) is 7.63. The molecule has 1 amide bonds. The normalized spacial score (nSPS) is 12.1.